The molecule has 1 aliphatic rings. The maximum absolute atomic E-state index is 12.9. The molecule has 7 nitrogen and oxygen atoms in total. The monoisotopic (exact) mass is 390 g/mol. The van der Waals surface area contributed by atoms with Crippen LogP contribution >= 0.6 is 0 Å². The van der Waals surface area contributed by atoms with E-state index in [-0.39, 0.29) is 11.3 Å². The lowest BCUT2D eigenvalue weighted by molar-refractivity contribution is -0.388. The zero-order valence-corrected chi connectivity index (χ0v) is 16.1. The van der Waals surface area contributed by atoms with Crippen LogP contribution in [0.2, 0.25) is 0 Å². The molecule has 0 unspecified atom stereocenters. The van der Waals surface area contributed by atoms with E-state index in [1.165, 1.54) is 25.1 Å². The maximum atomic E-state index is 12.9. The van der Waals surface area contributed by atoms with Gasteiger partial charge in [0.1, 0.15) is 0 Å². The van der Waals surface area contributed by atoms with Crippen LogP contribution in [-0.2, 0) is 10.1 Å². The van der Waals surface area contributed by atoms with E-state index in [0.29, 0.717) is 11.6 Å². The first-order valence-corrected chi connectivity index (χ1v) is 10.2. The van der Waals surface area contributed by atoms with Crippen molar-refractivity contribution < 1.29 is 17.5 Å². The lowest BCUT2D eigenvalue weighted by Crippen LogP contribution is -2.34. The van der Waals surface area contributed by atoms with Gasteiger partial charge < -0.3 is 9.08 Å². The van der Waals surface area contributed by atoms with Gasteiger partial charge in [-0.2, -0.15) is 8.42 Å². The van der Waals surface area contributed by atoms with Gasteiger partial charge in [0.15, 0.2) is 10.6 Å². The number of rotatable bonds is 5. The quantitative estimate of drug-likeness (QED) is 0.437. The van der Waals surface area contributed by atoms with Gasteiger partial charge in [-0.25, -0.2) is 0 Å². The van der Waals surface area contributed by atoms with Crippen LogP contribution in [0.4, 0.5) is 11.4 Å². The molecule has 0 aromatic heterocycles. The molecular formula is C19H22N2O5S. The number of hydrogen-bond acceptors (Lipinski definition) is 6. The number of benzene rings is 2. The van der Waals surface area contributed by atoms with E-state index in [1.807, 2.05) is 12.1 Å². The van der Waals surface area contributed by atoms with Gasteiger partial charge in [-0.15, -0.1) is 0 Å². The number of nitro groups is 1. The number of aryl methyl sites for hydroxylation is 1. The summed E-state index contributed by atoms with van der Waals surface area (Å²) in [6.07, 6.45) is 2.15. The molecule has 1 atom stereocenters. The van der Waals surface area contributed by atoms with E-state index >= 15 is 0 Å². The van der Waals surface area contributed by atoms with Gasteiger partial charge >= 0.3 is 10.1 Å². The van der Waals surface area contributed by atoms with Gasteiger partial charge in [0, 0.05) is 19.2 Å². The average Bonchev–Trinajstić information content (AvgIpc) is 2.61. The highest BCUT2D eigenvalue weighted by Gasteiger charge is 2.31. The Labute approximate surface area is 158 Å². The SMILES string of the molecule is Cc1cccc([N+](=O)[O-])c1S(=O)(=O)Oc1ccccc1N1CCC[C@H](C)C1. The first kappa shape index (κ1) is 19.2. The fourth-order valence-electron chi connectivity index (χ4n) is 3.46. The van der Waals surface area contributed by atoms with Crippen molar-refractivity contribution in [2.75, 3.05) is 18.0 Å². The molecule has 27 heavy (non-hydrogen) atoms. The first-order valence-electron chi connectivity index (χ1n) is 8.82. The predicted molar refractivity (Wildman–Crippen MR) is 103 cm³/mol. The third-order valence-corrected chi connectivity index (χ3v) is 6.13. The summed E-state index contributed by atoms with van der Waals surface area (Å²) in [7, 11) is -4.36. The summed E-state index contributed by atoms with van der Waals surface area (Å²) in [5, 5.41) is 11.3. The van der Waals surface area contributed by atoms with Crippen molar-refractivity contribution in [1.82, 2.24) is 0 Å². The molecule has 2 aromatic carbocycles. The highest BCUT2D eigenvalue weighted by Crippen LogP contribution is 2.35. The van der Waals surface area contributed by atoms with Crippen LogP contribution in [-0.4, -0.2) is 26.4 Å². The second-order valence-electron chi connectivity index (χ2n) is 6.88. The predicted octanol–water partition coefficient (Wildman–Crippen LogP) is 3.91. The molecule has 0 amide bonds. The number of piperidine rings is 1. The number of anilines is 1. The Hall–Kier alpha value is -2.61. The molecule has 1 heterocycles. The number of nitro benzene ring substituents is 1. The van der Waals surface area contributed by atoms with Crippen LogP contribution < -0.4 is 9.08 Å². The first-order chi connectivity index (χ1) is 12.8. The molecule has 8 heteroatoms. The Morgan fingerprint density at radius 2 is 1.93 bits per heavy atom. The number of para-hydroxylation sites is 2. The van der Waals surface area contributed by atoms with Crippen molar-refractivity contribution in [2.24, 2.45) is 5.92 Å². The second-order valence-corrected chi connectivity index (χ2v) is 8.36. The van der Waals surface area contributed by atoms with Gasteiger partial charge in [0.2, 0.25) is 0 Å². The third kappa shape index (κ3) is 4.05. The lowest BCUT2D eigenvalue weighted by atomic mass is 10.00. The van der Waals surface area contributed by atoms with Gasteiger partial charge in [-0.3, -0.25) is 10.1 Å². The lowest BCUT2D eigenvalue weighted by Gasteiger charge is -2.33. The van der Waals surface area contributed by atoms with E-state index in [2.05, 4.69) is 11.8 Å². The summed E-state index contributed by atoms with van der Waals surface area (Å²) in [6.45, 7) is 5.30. The maximum Gasteiger partial charge on any atom is 0.346 e. The van der Waals surface area contributed by atoms with Gasteiger partial charge in [0.05, 0.1) is 10.6 Å². The highest BCUT2D eigenvalue weighted by atomic mass is 32.2. The smallest absolute Gasteiger partial charge is 0.346 e. The van der Waals surface area contributed by atoms with E-state index in [0.717, 1.165) is 25.9 Å². The molecular weight excluding hydrogens is 368 g/mol. The number of nitrogens with zero attached hydrogens (tertiary/aromatic N) is 2. The summed E-state index contributed by atoms with van der Waals surface area (Å²) in [5.74, 6) is 0.685. The molecule has 0 radical (unpaired) electrons. The van der Waals surface area contributed by atoms with Gasteiger partial charge in [-0.1, -0.05) is 31.2 Å². The summed E-state index contributed by atoms with van der Waals surface area (Å²) in [5.41, 5.74) is 0.469. The van der Waals surface area contributed by atoms with Crippen molar-refractivity contribution >= 4 is 21.5 Å². The molecule has 144 valence electrons. The molecule has 1 fully saturated rings. The minimum Gasteiger partial charge on any atom is -0.377 e. The Kier molecular flexibility index (Phi) is 5.36. The minimum atomic E-state index is -4.36. The summed E-state index contributed by atoms with van der Waals surface area (Å²) >= 11 is 0. The molecule has 0 N–H and O–H groups in total. The topological polar surface area (TPSA) is 89.8 Å². The van der Waals surface area contributed by atoms with Crippen LogP contribution in [0.15, 0.2) is 47.4 Å². The van der Waals surface area contributed by atoms with Crippen molar-refractivity contribution in [3.63, 3.8) is 0 Å². The van der Waals surface area contributed by atoms with E-state index in [1.54, 1.807) is 12.1 Å². The van der Waals surface area contributed by atoms with Crippen LogP contribution in [0.3, 0.4) is 0 Å². The number of hydrogen-bond donors (Lipinski definition) is 0. The van der Waals surface area contributed by atoms with Crippen LogP contribution in [0.1, 0.15) is 25.3 Å². The molecule has 2 aromatic rings. The fourth-order valence-corrected chi connectivity index (χ4v) is 4.78. The normalized spacial score (nSPS) is 17.6. The summed E-state index contributed by atoms with van der Waals surface area (Å²) < 4.78 is 31.2. The molecule has 3 rings (SSSR count). The third-order valence-electron chi connectivity index (χ3n) is 4.70. The van der Waals surface area contributed by atoms with Gasteiger partial charge in [0.25, 0.3) is 5.69 Å². The fraction of sp³-hybridized carbons (Fsp3) is 0.368. The van der Waals surface area contributed by atoms with E-state index in [9.17, 15) is 18.5 Å². The summed E-state index contributed by atoms with van der Waals surface area (Å²) in [6, 6.07) is 11.0. The van der Waals surface area contributed by atoms with E-state index < -0.39 is 25.6 Å². The molecule has 0 saturated carbocycles. The van der Waals surface area contributed by atoms with Crippen molar-refractivity contribution in [3.05, 3.63) is 58.1 Å². The summed E-state index contributed by atoms with van der Waals surface area (Å²) in [4.78, 5) is 12.3. The van der Waals surface area contributed by atoms with Crippen molar-refractivity contribution in [1.29, 1.82) is 0 Å². The highest BCUT2D eigenvalue weighted by molar-refractivity contribution is 7.87. The largest absolute Gasteiger partial charge is 0.377 e. The zero-order valence-electron chi connectivity index (χ0n) is 15.3. The Morgan fingerprint density at radius 3 is 2.63 bits per heavy atom. The molecule has 0 aliphatic carbocycles. The Bertz CT molecular complexity index is 958. The minimum absolute atomic E-state index is 0.184. The van der Waals surface area contributed by atoms with Crippen LogP contribution in [0.25, 0.3) is 0 Å². The Morgan fingerprint density at radius 1 is 1.19 bits per heavy atom. The molecule has 1 aliphatic heterocycles. The Balaban J connectivity index is 2.00. The molecule has 0 bridgehead atoms. The van der Waals surface area contributed by atoms with Crippen LogP contribution in [0, 0.1) is 23.0 Å². The van der Waals surface area contributed by atoms with Crippen molar-refractivity contribution in [3.8, 4) is 5.75 Å². The van der Waals surface area contributed by atoms with Crippen molar-refractivity contribution in [2.45, 2.75) is 31.6 Å². The molecule has 1 saturated heterocycles. The zero-order chi connectivity index (χ0) is 19.6. The average molecular weight is 390 g/mol. The van der Waals surface area contributed by atoms with E-state index in [4.69, 9.17) is 4.18 Å². The van der Waals surface area contributed by atoms with Crippen LogP contribution in [0.5, 0.6) is 5.75 Å². The van der Waals surface area contributed by atoms with Gasteiger partial charge in [-0.05, 0) is 43.4 Å². The second kappa shape index (κ2) is 7.56. The standard InChI is InChI=1S/C19H22N2O5S/c1-14-7-6-12-20(13-14)16-9-3-4-11-18(16)26-27(24,25)19-15(2)8-5-10-17(19)21(22)23/h3-5,8-11,14H,6-7,12-13H2,1-2H3/t14-/m0/s1. The molecule has 0 spiro atoms.